The van der Waals surface area contributed by atoms with Crippen LogP contribution in [0.15, 0.2) is 21.8 Å². The van der Waals surface area contributed by atoms with Crippen LogP contribution in [-0.4, -0.2) is 43.6 Å². The number of benzene rings is 1. The number of amidine groups is 1. The first-order valence-corrected chi connectivity index (χ1v) is 8.81. The van der Waals surface area contributed by atoms with Crippen molar-refractivity contribution < 1.29 is 18.0 Å². The average Bonchev–Trinajstić information content (AvgIpc) is 2.41. The van der Waals surface area contributed by atoms with Gasteiger partial charge in [-0.2, -0.15) is 0 Å². The van der Waals surface area contributed by atoms with E-state index < -0.39 is 15.7 Å². The zero-order valence-electron chi connectivity index (χ0n) is 11.3. The average molecular weight is 380 g/mol. The van der Waals surface area contributed by atoms with Crippen LogP contribution in [0.25, 0.3) is 0 Å². The molecule has 1 aromatic carbocycles. The van der Waals surface area contributed by atoms with Crippen LogP contribution in [0.3, 0.4) is 0 Å². The SMILES string of the molecule is CC1CS(=O)(=O)CCN1c1ccc(/C(N)=N/O)c(Br)c1F. The lowest BCUT2D eigenvalue weighted by molar-refractivity contribution is 0.318. The van der Waals surface area contributed by atoms with Gasteiger partial charge in [0.15, 0.2) is 21.5 Å². The number of hydrogen-bond donors (Lipinski definition) is 2. The molecule has 1 aliphatic heterocycles. The van der Waals surface area contributed by atoms with Crippen LogP contribution in [0.1, 0.15) is 12.5 Å². The summed E-state index contributed by atoms with van der Waals surface area (Å²) in [4.78, 5) is 1.71. The molecule has 0 spiro atoms. The minimum Gasteiger partial charge on any atom is -0.409 e. The highest BCUT2D eigenvalue weighted by molar-refractivity contribution is 9.10. The Bertz CT molecular complexity index is 693. The lowest BCUT2D eigenvalue weighted by atomic mass is 10.1. The Kier molecular flexibility index (Phi) is 4.43. The number of hydrogen-bond acceptors (Lipinski definition) is 5. The zero-order valence-corrected chi connectivity index (χ0v) is 13.7. The predicted octanol–water partition coefficient (Wildman–Crippen LogP) is 1.31. The summed E-state index contributed by atoms with van der Waals surface area (Å²) in [6, 6.07) is 2.70. The van der Waals surface area contributed by atoms with Crippen LogP contribution < -0.4 is 10.6 Å². The Hall–Kier alpha value is -1.35. The molecule has 1 atom stereocenters. The highest BCUT2D eigenvalue weighted by Crippen LogP contribution is 2.31. The van der Waals surface area contributed by atoms with Crippen molar-refractivity contribution in [2.24, 2.45) is 10.9 Å². The van der Waals surface area contributed by atoms with Gasteiger partial charge in [0, 0.05) is 18.2 Å². The van der Waals surface area contributed by atoms with Gasteiger partial charge in [-0.1, -0.05) is 5.16 Å². The Morgan fingerprint density at radius 3 is 2.81 bits per heavy atom. The van der Waals surface area contributed by atoms with E-state index in [4.69, 9.17) is 10.9 Å². The fraction of sp³-hybridized carbons (Fsp3) is 0.417. The number of sulfone groups is 1. The van der Waals surface area contributed by atoms with Crippen LogP contribution in [-0.2, 0) is 9.84 Å². The Morgan fingerprint density at radius 1 is 1.57 bits per heavy atom. The van der Waals surface area contributed by atoms with E-state index in [1.807, 2.05) is 0 Å². The van der Waals surface area contributed by atoms with Crippen LogP contribution in [0.4, 0.5) is 10.1 Å². The summed E-state index contributed by atoms with van der Waals surface area (Å²) in [5, 5.41) is 11.5. The Labute approximate surface area is 130 Å². The number of oxime groups is 1. The molecule has 21 heavy (non-hydrogen) atoms. The molecular formula is C12H15BrFN3O3S. The van der Waals surface area contributed by atoms with Gasteiger partial charge < -0.3 is 15.8 Å². The summed E-state index contributed by atoms with van der Waals surface area (Å²) in [6.45, 7) is 1.97. The summed E-state index contributed by atoms with van der Waals surface area (Å²) in [5.74, 6) is -0.783. The van der Waals surface area contributed by atoms with Crippen molar-refractivity contribution in [1.82, 2.24) is 0 Å². The van der Waals surface area contributed by atoms with Crippen molar-refractivity contribution >= 4 is 37.3 Å². The van der Waals surface area contributed by atoms with E-state index in [2.05, 4.69) is 21.1 Å². The van der Waals surface area contributed by atoms with E-state index in [1.165, 1.54) is 12.1 Å². The highest BCUT2D eigenvalue weighted by atomic mass is 79.9. The fourth-order valence-electron chi connectivity index (χ4n) is 2.37. The monoisotopic (exact) mass is 379 g/mol. The maximum absolute atomic E-state index is 14.5. The normalized spacial score (nSPS) is 22.3. The van der Waals surface area contributed by atoms with Gasteiger partial charge in [0.1, 0.15) is 0 Å². The molecule has 1 saturated heterocycles. The number of anilines is 1. The molecule has 0 amide bonds. The van der Waals surface area contributed by atoms with Gasteiger partial charge in [-0.25, -0.2) is 12.8 Å². The first-order chi connectivity index (χ1) is 9.76. The molecule has 6 nitrogen and oxygen atoms in total. The van der Waals surface area contributed by atoms with Gasteiger partial charge in [0.2, 0.25) is 0 Å². The minimum atomic E-state index is -3.07. The summed E-state index contributed by atoms with van der Waals surface area (Å²) in [7, 11) is -3.07. The second kappa shape index (κ2) is 5.80. The molecule has 0 saturated carbocycles. The molecule has 3 N–H and O–H groups in total. The molecule has 1 aliphatic rings. The lowest BCUT2D eigenvalue weighted by Crippen LogP contribution is -2.47. The van der Waals surface area contributed by atoms with E-state index in [-0.39, 0.29) is 40.0 Å². The molecule has 1 fully saturated rings. The molecule has 0 aliphatic carbocycles. The van der Waals surface area contributed by atoms with E-state index in [0.29, 0.717) is 5.69 Å². The molecule has 0 radical (unpaired) electrons. The predicted molar refractivity (Wildman–Crippen MR) is 82.1 cm³/mol. The van der Waals surface area contributed by atoms with Crippen LogP contribution >= 0.6 is 15.9 Å². The van der Waals surface area contributed by atoms with Crippen molar-refractivity contribution in [2.45, 2.75) is 13.0 Å². The third-order valence-electron chi connectivity index (χ3n) is 3.43. The molecule has 9 heteroatoms. The molecule has 1 heterocycles. The third-order valence-corrected chi connectivity index (χ3v) is 6.00. The van der Waals surface area contributed by atoms with Gasteiger partial charge in [-0.3, -0.25) is 0 Å². The van der Waals surface area contributed by atoms with Gasteiger partial charge in [0.05, 0.1) is 21.7 Å². The van der Waals surface area contributed by atoms with Crippen molar-refractivity contribution in [2.75, 3.05) is 23.0 Å². The van der Waals surface area contributed by atoms with Crippen molar-refractivity contribution in [3.05, 3.63) is 28.0 Å². The number of halogens is 2. The maximum atomic E-state index is 14.5. The summed E-state index contributed by atoms with van der Waals surface area (Å²) >= 11 is 3.09. The van der Waals surface area contributed by atoms with Crippen LogP contribution in [0.2, 0.25) is 0 Å². The van der Waals surface area contributed by atoms with Crippen LogP contribution in [0, 0.1) is 5.82 Å². The molecular weight excluding hydrogens is 365 g/mol. The summed E-state index contributed by atoms with van der Waals surface area (Å²) < 4.78 is 37.7. The molecule has 1 unspecified atom stereocenters. The van der Waals surface area contributed by atoms with Crippen molar-refractivity contribution in [1.29, 1.82) is 0 Å². The van der Waals surface area contributed by atoms with Crippen molar-refractivity contribution in [3.8, 4) is 0 Å². The van der Waals surface area contributed by atoms with E-state index >= 15 is 0 Å². The fourth-order valence-corrected chi connectivity index (χ4v) is 4.46. The topological polar surface area (TPSA) is 96.0 Å². The first-order valence-electron chi connectivity index (χ1n) is 6.20. The quantitative estimate of drug-likeness (QED) is 0.349. The van der Waals surface area contributed by atoms with Crippen molar-refractivity contribution in [3.63, 3.8) is 0 Å². The molecule has 0 aromatic heterocycles. The van der Waals surface area contributed by atoms with Gasteiger partial charge in [-0.05, 0) is 35.0 Å². The summed E-state index contributed by atoms with van der Waals surface area (Å²) in [6.07, 6.45) is 0. The van der Waals surface area contributed by atoms with Gasteiger partial charge in [-0.15, -0.1) is 0 Å². The number of nitrogens with two attached hydrogens (primary N) is 1. The summed E-state index contributed by atoms with van der Waals surface area (Å²) in [5.41, 5.74) is 5.99. The second-order valence-electron chi connectivity index (χ2n) is 4.90. The number of rotatable bonds is 2. The third kappa shape index (κ3) is 3.13. The second-order valence-corrected chi connectivity index (χ2v) is 7.92. The van der Waals surface area contributed by atoms with E-state index in [1.54, 1.807) is 11.8 Å². The van der Waals surface area contributed by atoms with Crippen LogP contribution in [0.5, 0.6) is 0 Å². The van der Waals surface area contributed by atoms with Gasteiger partial charge >= 0.3 is 0 Å². The molecule has 1 aromatic rings. The largest absolute Gasteiger partial charge is 0.409 e. The highest BCUT2D eigenvalue weighted by Gasteiger charge is 2.30. The minimum absolute atomic E-state index is 0.00358. The Morgan fingerprint density at radius 2 is 2.24 bits per heavy atom. The maximum Gasteiger partial charge on any atom is 0.171 e. The Balaban J connectivity index is 2.40. The molecule has 2 rings (SSSR count). The lowest BCUT2D eigenvalue weighted by Gasteiger charge is -2.35. The van der Waals surface area contributed by atoms with E-state index in [0.717, 1.165) is 0 Å². The zero-order chi connectivity index (χ0) is 15.8. The smallest absolute Gasteiger partial charge is 0.171 e. The molecule has 0 bridgehead atoms. The standard InChI is InChI=1S/C12H15BrFN3O3S/c1-7-6-21(19,20)5-4-17(7)9-3-2-8(12(15)16-18)10(13)11(9)14/h2-3,7,18H,4-6H2,1H3,(H2,15,16). The number of nitrogens with zero attached hydrogens (tertiary/aromatic N) is 2. The van der Waals surface area contributed by atoms with E-state index in [9.17, 15) is 12.8 Å². The first kappa shape index (κ1) is 16.0. The molecule has 116 valence electrons. The van der Waals surface area contributed by atoms with Gasteiger partial charge in [0.25, 0.3) is 0 Å².